The Balaban J connectivity index is 1.91. The number of carbonyl (C=O) groups excluding carboxylic acids is 2. The summed E-state index contributed by atoms with van der Waals surface area (Å²) in [5.74, 6) is 0.398. The van der Waals surface area contributed by atoms with E-state index in [2.05, 4.69) is 9.88 Å². The van der Waals surface area contributed by atoms with Crippen LogP contribution in [-0.4, -0.2) is 79.3 Å². The second kappa shape index (κ2) is 7.09. The standard InChI is InChI=1S/C18H24N4O2S/c1-20(2)14(23)11-22-9-7-12(10-22)15-13-6-5-8-19-17(13)25-16(15)18(24)21(3)4/h5-6,8,12H,7,9-11H2,1-4H3/t12-/m1/s1. The summed E-state index contributed by atoms with van der Waals surface area (Å²) in [5, 5.41) is 1.07. The number of likely N-dealkylation sites (tertiary alicyclic amines) is 1. The molecule has 1 saturated heterocycles. The Morgan fingerprint density at radius 3 is 2.72 bits per heavy atom. The van der Waals surface area contributed by atoms with E-state index in [0.717, 1.165) is 40.2 Å². The number of hydrogen-bond donors (Lipinski definition) is 0. The normalized spacial score (nSPS) is 17.8. The molecule has 2 amide bonds. The fourth-order valence-corrected chi connectivity index (χ4v) is 4.51. The third kappa shape index (κ3) is 3.52. The first-order chi connectivity index (χ1) is 11.9. The van der Waals surface area contributed by atoms with Crippen molar-refractivity contribution in [3.8, 4) is 0 Å². The van der Waals surface area contributed by atoms with Gasteiger partial charge in [-0.1, -0.05) is 6.07 Å². The molecule has 0 radical (unpaired) electrons. The molecule has 2 aromatic heterocycles. The van der Waals surface area contributed by atoms with E-state index in [1.54, 1.807) is 44.2 Å². The molecule has 1 atom stereocenters. The molecule has 3 heterocycles. The van der Waals surface area contributed by atoms with Crippen molar-refractivity contribution in [2.75, 3.05) is 47.8 Å². The summed E-state index contributed by atoms with van der Waals surface area (Å²) in [4.78, 5) is 36.2. The van der Waals surface area contributed by atoms with Crippen molar-refractivity contribution in [1.82, 2.24) is 19.7 Å². The van der Waals surface area contributed by atoms with Gasteiger partial charge in [-0.2, -0.15) is 0 Å². The van der Waals surface area contributed by atoms with Crippen LogP contribution < -0.4 is 0 Å². The molecule has 0 bridgehead atoms. The van der Waals surface area contributed by atoms with Crippen LogP contribution in [0.5, 0.6) is 0 Å². The van der Waals surface area contributed by atoms with E-state index in [1.165, 1.54) is 11.3 Å². The third-order valence-corrected chi connectivity index (χ3v) is 5.76. The highest BCUT2D eigenvalue weighted by Gasteiger charge is 2.32. The number of hydrogen-bond acceptors (Lipinski definition) is 5. The molecule has 1 aliphatic rings. The Hall–Kier alpha value is -1.99. The summed E-state index contributed by atoms with van der Waals surface area (Å²) < 4.78 is 0. The van der Waals surface area contributed by atoms with Gasteiger partial charge in [-0.25, -0.2) is 4.98 Å². The lowest BCUT2D eigenvalue weighted by molar-refractivity contribution is -0.129. The largest absolute Gasteiger partial charge is 0.348 e. The highest BCUT2D eigenvalue weighted by Crippen LogP contribution is 2.39. The van der Waals surface area contributed by atoms with Crippen LogP contribution in [0.2, 0.25) is 0 Å². The van der Waals surface area contributed by atoms with Crippen LogP contribution in [0.1, 0.15) is 27.6 Å². The molecular formula is C18H24N4O2S. The van der Waals surface area contributed by atoms with Crippen molar-refractivity contribution < 1.29 is 9.59 Å². The second-order valence-corrected chi connectivity index (χ2v) is 7.91. The van der Waals surface area contributed by atoms with Gasteiger partial charge in [-0.3, -0.25) is 14.5 Å². The van der Waals surface area contributed by atoms with Gasteiger partial charge < -0.3 is 9.80 Å². The maximum Gasteiger partial charge on any atom is 0.263 e. The molecule has 6 nitrogen and oxygen atoms in total. The molecular weight excluding hydrogens is 336 g/mol. The number of likely N-dealkylation sites (N-methyl/N-ethyl adjacent to an activating group) is 1. The number of thiophene rings is 1. The number of carbonyl (C=O) groups is 2. The monoisotopic (exact) mass is 360 g/mol. The van der Waals surface area contributed by atoms with Crippen molar-refractivity contribution in [3.63, 3.8) is 0 Å². The Labute approximate surface area is 152 Å². The van der Waals surface area contributed by atoms with Crippen molar-refractivity contribution >= 4 is 33.4 Å². The zero-order chi connectivity index (χ0) is 18.1. The van der Waals surface area contributed by atoms with Crippen LogP contribution in [0.3, 0.4) is 0 Å². The highest BCUT2D eigenvalue weighted by molar-refractivity contribution is 7.20. The first kappa shape index (κ1) is 17.8. The summed E-state index contributed by atoms with van der Waals surface area (Å²) >= 11 is 1.47. The molecule has 1 aliphatic heterocycles. The summed E-state index contributed by atoms with van der Waals surface area (Å²) in [6.07, 6.45) is 2.72. The van der Waals surface area contributed by atoms with Crippen LogP contribution in [0.25, 0.3) is 10.2 Å². The number of pyridine rings is 1. The predicted molar refractivity (Wildman–Crippen MR) is 100 cm³/mol. The van der Waals surface area contributed by atoms with Crippen molar-refractivity contribution in [2.45, 2.75) is 12.3 Å². The quantitative estimate of drug-likeness (QED) is 0.835. The highest BCUT2D eigenvalue weighted by atomic mass is 32.1. The lowest BCUT2D eigenvalue weighted by Crippen LogP contribution is -2.35. The minimum absolute atomic E-state index is 0.0285. The summed E-state index contributed by atoms with van der Waals surface area (Å²) in [5.41, 5.74) is 1.10. The van der Waals surface area contributed by atoms with E-state index in [9.17, 15) is 9.59 Å². The van der Waals surface area contributed by atoms with Gasteiger partial charge in [-0.05, 0) is 24.6 Å². The number of nitrogens with zero attached hydrogens (tertiary/aromatic N) is 4. The van der Waals surface area contributed by atoms with Gasteiger partial charge >= 0.3 is 0 Å². The van der Waals surface area contributed by atoms with Gasteiger partial charge in [0.05, 0.1) is 11.4 Å². The molecule has 0 aromatic carbocycles. The Morgan fingerprint density at radius 1 is 1.28 bits per heavy atom. The van der Waals surface area contributed by atoms with E-state index in [1.807, 2.05) is 12.1 Å². The molecule has 0 saturated carbocycles. The zero-order valence-electron chi connectivity index (χ0n) is 15.2. The first-order valence-electron chi connectivity index (χ1n) is 8.40. The predicted octanol–water partition coefficient (Wildman–Crippen LogP) is 1.88. The lowest BCUT2D eigenvalue weighted by Gasteiger charge is -2.19. The molecule has 0 spiro atoms. The maximum atomic E-state index is 12.7. The van der Waals surface area contributed by atoms with E-state index in [0.29, 0.717) is 6.54 Å². The third-order valence-electron chi connectivity index (χ3n) is 4.64. The molecule has 0 unspecified atom stereocenters. The molecule has 0 aliphatic carbocycles. The first-order valence-corrected chi connectivity index (χ1v) is 9.21. The van der Waals surface area contributed by atoms with Gasteiger partial charge in [0, 0.05) is 52.2 Å². The van der Waals surface area contributed by atoms with Crippen molar-refractivity contribution in [3.05, 3.63) is 28.8 Å². The topological polar surface area (TPSA) is 56.8 Å². The van der Waals surface area contributed by atoms with E-state index >= 15 is 0 Å². The second-order valence-electron chi connectivity index (χ2n) is 6.91. The fourth-order valence-electron chi connectivity index (χ4n) is 3.26. The number of fused-ring (bicyclic) bond motifs is 1. The van der Waals surface area contributed by atoms with Gasteiger partial charge in [0.1, 0.15) is 4.83 Å². The lowest BCUT2D eigenvalue weighted by atomic mass is 9.95. The van der Waals surface area contributed by atoms with E-state index in [-0.39, 0.29) is 17.7 Å². The minimum Gasteiger partial charge on any atom is -0.348 e. The summed E-state index contributed by atoms with van der Waals surface area (Å²) in [6, 6.07) is 3.97. The van der Waals surface area contributed by atoms with Crippen LogP contribution >= 0.6 is 11.3 Å². The molecule has 7 heteroatoms. The fraction of sp³-hybridized carbons (Fsp3) is 0.500. The SMILES string of the molecule is CN(C)C(=O)CN1CC[C@@H](c2c(C(=O)N(C)C)sc3ncccc23)C1. The van der Waals surface area contributed by atoms with Crippen molar-refractivity contribution in [2.24, 2.45) is 0 Å². The molecule has 2 aromatic rings. The van der Waals surface area contributed by atoms with Gasteiger partial charge in [0.2, 0.25) is 5.91 Å². The van der Waals surface area contributed by atoms with E-state index in [4.69, 9.17) is 0 Å². The summed E-state index contributed by atoms with van der Waals surface area (Å²) in [6.45, 7) is 2.10. The maximum absolute atomic E-state index is 12.7. The number of rotatable bonds is 4. The average molecular weight is 360 g/mol. The van der Waals surface area contributed by atoms with Crippen LogP contribution in [0.15, 0.2) is 18.3 Å². The average Bonchev–Trinajstić information content (AvgIpc) is 3.17. The minimum atomic E-state index is 0.0285. The van der Waals surface area contributed by atoms with Gasteiger partial charge in [-0.15, -0.1) is 11.3 Å². The van der Waals surface area contributed by atoms with E-state index < -0.39 is 0 Å². The molecule has 134 valence electrons. The summed E-state index contributed by atoms with van der Waals surface area (Å²) in [7, 11) is 7.12. The smallest absolute Gasteiger partial charge is 0.263 e. The van der Waals surface area contributed by atoms with Gasteiger partial charge in [0.15, 0.2) is 0 Å². The van der Waals surface area contributed by atoms with Gasteiger partial charge in [0.25, 0.3) is 5.91 Å². The number of amides is 2. The van der Waals surface area contributed by atoms with Crippen molar-refractivity contribution in [1.29, 1.82) is 0 Å². The molecule has 1 fully saturated rings. The Bertz CT molecular complexity index is 799. The Morgan fingerprint density at radius 2 is 2.04 bits per heavy atom. The number of aromatic nitrogens is 1. The molecule has 25 heavy (non-hydrogen) atoms. The molecule has 3 rings (SSSR count). The van der Waals surface area contributed by atoms with Crippen LogP contribution in [0, 0.1) is 0 Å². The van der Waals surface area contributed by atoms with Crippen LogP contribution in [0.4, 0.5) is 0 Å². The zero-order valence-corrected chi connectivity index (χ0v) is 16.0. The molecule has 0 N–H and O–H groups in total. The Kier molecular flexibility index (Phi) is 5.06. The van der Waals surface area contributed by atoms with Crippen LogP contribution in [-0.2, 0) is 4.79 Å².